The third-order valence-corrected chi connectivity index (χ3v) is 3.64. The van der Waals surface area contributed by atoms with E-state index < -0.39 is 0 Å². The van der Waals surface area contributed by atoms with Crippen molar-refractivity contribution >= 4 is 17.3 Å². The quantitative estimate of drug-likeness (QED) is 0.567. The molecule has 0 aromatic carbocycles. The summed E-state index contributed by atoms with van der Waals surface area (Å²) in [6.45, 7) is 6.08. The molecule has 3 nitrogen and oxygen atoms in total. The summed E-state index contributed by atoms with van der Waals surface area (Å²) >= 11 is 5.22. The predicted molar refractivity (Wildman–Crippen MR) is 67.0 cm³/mol. The molecule has 1 saturated carbocycles. The molecule has 1 aliphatic carbocycles. The molecular formula is C11H22N2OS. The Kier molecular flexibility index (Phi) is 5.32. The minimum Gasteiger partial charge on any atom is -0.383 e. The average Bonchev–Trinajstić information content (AvgIpc) is 2.50. The fourth-order valence-electron chi connectivity index (χ4n) is 2.05. The van der Waals surface area contributed by atoms with E-state index in [4.69, 9.17) is 17.0 Å². The van der Waals surface area contributed by atoms with E-state index in [2.05, 4.69) is 24.5 Å². The van der Waals surface area contributed by atoms with Crippen LogP contribution in [0.5, 0.6) is 0 Å². The second-order valence-electron chi connectivity index (χ2n) is 4.41. The fourth-order valence-corrected chi connectivity index (χ4v) is 2.31. The first-order valence-corrected chi connectivity index (χ1v) is 6.09. The minimum absolute atomic E-state index is 0.544. The summed E-state index contributed by atoms with van der Waals surface area (Å²) in [5, 5.41) is 7.29. The molecule has 0 bridgehead atoms. The lowest BCUT2D eigenvalue weighted by atomic mass is 9.98. The summed E-state index contributed by atoms with van der Waals surface area (Å²) in [4.78, 5) is 0. The van der Waals surface area contributed by atoms with Crippen LogP contribution in [-0.2, 0) is 4.74 Å². The van der Waals surface area contributed by atoms with Gasteiger partial charge in [-0.1, -0.05) is 13.8 Å². The largest absolute Gasteiger partial charge is 0.383 e. The number of ether oxygens (including phenoxy) is 1. The van der Waals surface area contributed by atoms with Crippen LogP contribution >= 0.6 is 12.2 Å². The molecule has 1 rings (SSSR count). The molecule has 3 atom stereocenters. The molecule has 88 valence electrons. The molecule has 0 aliphatic heterocycles. The van der Waals surface area contributed by atoms with Gasteiger partial charge in [-0.2, -0.15) is 0 Å². The van der Waals surface area contributed by atoms with E-state index in [1.165, 1.54) is 12.8 Å². The first kappa shape index (κ1) is 12.7. The first-order chi connectivity index (χ1) is 7.15. The van der Waals surface area contributed by atoms with Gasteiger partial charge in [0.05, 0.1) is 6.61 Å². The van der Waals surface area contributed by atoms with Crippen LogP contribution in [0.25, 0.3) is 0 Å². The van der Waals surface area contributed by atoms with E-state index in [0.717, 1.165) is 17.6 Å². The molecule has 0 radical (unpaired) electrons. The van der Waals surface area contributed by atoms with E-state index in [1.54, 1.807) is 7.11 Å². The maximum absolute atomic E-state index is 5.22. The van der Waals surface area contributed by atoms with Crippen LogP contribution < -0.4 is 10.6 Å². The molecular weight excluding hydrogens is 208 g/mol. The normalized spacial score (nSPS) is 30.2. The summed E-state index contributed by atoms with van der Waals surface area (Å²) in [5.74, 6) is 1.52. The zero-order valence-electron chi connectivity index (χ0n) is 9.88. The van der Waals surface area contributed by atoms with E-state index in [-0.39, 0.29) is 0 Å². The van der Waals surface area contributed by atoms with Crippen LogP contribution in [-0.4, -0.2) is 31.4 Å². The van der Waals surface area contributed by atoms with Gasteiger partial charge in [-0.3, -0.25) is 0 Å². The van der Waals surface area contributed by atoms with Gasteiger partial charge < -0.3 is 15.4 Å². The van der Waals surface area contributed by atoms with Crippen LogP contribution in [0.4, 0.5) is 0 Å². The van der Waals surface area contributed by atoms with Crippen LogP contribution in [0, 0.1) is 11.8 Å². The van der Waals surface area contributed by atoms with Gasteiger partial charge in [-0.15, -0.1) is 0 Å². The van der Waals surface area contributed by atoms with Gasteiger partial charge in [0.1, 0.15) is 0 Å². The lowest BCUT2D eigenvalue weighted by Gasteiger charge is -2.21. The number of thiocarbonyl (C=S) groups is 1. The van der Waals surface area contributed by atoms with Gasteiger partial charge in [-0.25, -0.2) is 0 Å². The van der Waals surface area contributed by atoms with Gasteiger partial charge in [0.15, 0.2) is 5.11 Å². The van der Waals surface area contributed by atoms with Gasteiger partial charge in [0.25, 0.3) is 0 Å². The van der Waals surface area contributed by atoms with Crippen LogP contribution in [0.1, 0.15) is 26.7 Å². The van der Waals surface area contributed by atoms with E-state index >= 15 is 0 Å². The van der Waals surface area contributed by atoms with E-state index in [0.29, 0.717) is 18.6 Å². The summed E-state index contributed by atoms with van der Waals surface area (Å²) in [5.41, 5.74) is 0. The number of nitrogens with one attached hydrogen (secondary N) is 2. The second-order valence-corrected chi connectivity index (χ2v) is 4.82. The van der Waals surface area contributed by atoms with E-state index in [1.807, 2.05) is 0 Å². The van der Waals surface area contributed by atoms with Crippen molar-refractivity contribution in [2.75, 3.05) is 20.3 Å². The zero-order valence-corrected chi connectivity index (χ0v) is 10.7. The number of rotatable bonds is 4. The molecule has 15 heavy (non-hydrogen) atoms. The Labute approximate surface area is 98.0 Å². The van der Waals surface area contributed by atoms with Gasteiger partial charge in [0.2, 0.25) is 0 Å². The van der Waals surface area contributed by atoms with Crippen LogP contribution in [0.2, 0.25) is 0 Å². The second kappa shape index (κ2) is 6.28. The van der Waals surface area contributed by atoms with Crippen molar-refractivity contribution in [3.63, 3.8) is 0 Å². The van der Waals surface area contributed by atoms with Crippen molar-refractivity contribution in [1.82, 2.24) is 10.6 Å². The Morgan fingerprint density at radius 2 is 2.13 bits per heavy atom. The predicted octanol–water partition coefficient (Wildman–Crippen LogP) is 1.53. The van der Waals surface area contributed by atoms with Crippen molar-refractivity contribution in [2.24, 2.45) is 11.8 Å². The standard InChI is InChI=1S/C11H22N2OS/c1-8-4-5-10(9(8)2)13-11(15)12-6-7-14-3/h8-10H,4-7H2,1-3H3,(H2,12,13,15). The monoisotopic (exact) mass is 230 g/mol. The lowest BCUT2D eigenvalue weighted by Crippen LogP contribution is -2.44. The van der Waals surface area contributed by atoms with Crippen molar-refractivity contribution < 1.29 is 4.74 Å². The summed E-state index contributed by atoms with van der Waals surface area (Å²) in [6, 6.07) is 0.544. The zero-order chi connectivity index (χ0) is 11.3. The smallest absolute Gasteiger partial charge is 0.166 e. The Balaban J connectivity index is 2.20. The number of hydrogen-bond donors (Lipinski definition) is 2. The Morgan fingerprint density at radius 1 is 1.40 bits per heavy atom. The highest BCUT2D eigenvalue weighted by Crippen LogP contribution is 2.30. The Morgan fingerprint density at radius 3 is 2.67 bits per heavy atom. The minimum atomic E-state index is 0.544. The molecule has 0 aromatic heterocycles. The highest BCUT2D eigenvalue weighted by atomic mass is 32.1. The third kappa shape index (κ3) is 3.95. The molecule has 0 saturated heterocycles. The molecule has 4 heteroatoms. The third-order valence-electron chi connectivity index (χ3n) is 3.37. The highest BCUT2D eigenvalue weighted by molar-refractivity contribution is 7.80. The molecule has 3 unspecified atom stereocenters. The maximum Gasteiger partial charge on any atom is 0.166 e. The van der Waals surface area contributed by atoms with Gasteiger partial charge in [0, 0.05) is 19.7 Å². The van der Waals surface area contributed by atoms with Crippen molar-refractivity contribution in [3.05, 3.63) is 0 Å². The Hall–Kier alpha value is -0.350. The number of methoxy groups -OCH3 is 1. The summed E-state index contributed by atoms with van der Waals surface area (Å²) in [6.07, 6.45) is 2.54. The van der Waals surface area contributed by atoms with Crippen LogP contribution in [0.15, 0.2) is 0 Å². The summed E-state index contributed by atoms with van der Waals surface area (Å²) in [7, 11) is 1.69. The lowest BCUT2D eigenvalue weighted by molar-refractivity contribution is 0.203. The molecule has 2 N–H and O–H groups in total. The number of hydrogen-bond acceptors (Lipinski definition) is 2. The van der Waals surface area contributed by atoms with Gasteiger partial charge in [-0.05, 0) is 36.9 Å². The van der Waals surface area contributed by atoms with Crippen molar-refractivity contribution in [2.45, 2.75) is 32.7 Å². The summed E-state index contributed by atoms with van der Waals surface area (Å²) < 4.78 is 4.95. The molecule has 0 heterocycles. The highest BCUT2D eigenvalue weighted by Gasteiger charge is 2.29. The molecule has 1 aliphatic rings. The SMILES string of the molecule is COCCNC(=S)NC1CCC(C)C1C. The van der Waals surface area contributed by atoms with Crippen molar-refractivity contribution in [3.8, 4) is 0 Å². The average molecular weight is 230 g/mol. The van der Waals surface area contributed by atoms with E-state index in [9.17, 15) is 0 Å². The molecule has 1 fully saturated rings. The fraction of sp³-hybridized carbons (Fsp3) is 0.909. The van der Waals surface area contributed by atoms with Crippen LogP contribution in [0.3, 0.4) is 0 Å². The molecule has 0 amide bonds. The molecule has 0 aromatic rings. The topological polar surface area (TPSA) is 33.3 Å². The maximum atomic E-state index is 5.22. The van der Waals surface area contributed by atoms with Gasteiger partial charge >= 0.3 is 0 Å². The molecule has 0 spiro atoms. The first-order valence-electron chi connectivity index (χ1n) is 5.68. The Bertz CT molecular complexity index is 211. The van der Waals surface area contributed by atoms with Crippen molar-refractivity contribution in [1.29, 1.82) is 0 Å².